The molecule has 1 nitrogen and oxygen atoms in total. The summed E-state index contributed by atoms with van der Waals surface area (Å²) in [6, 6.07) is 4.56. The first-order valence-electron chi connectivity index (χ1n) is 4.67. The Labute approximate surface area is 89.7 Å². The molecule has 0 spiro atoms. The van der Waals surface area contributed by atoms with Crippen LogP contribution in [0.15, 0.2) is 17.5 Å². The van der Waals surface area contributed by atoms with Gasteiger partial charge in [-0.2, -0.15) is 0 Å². The largest absolute Gasteiger partial charge is 0.323 e. The molecule has 74 valence electrons. The molecule has 1 heterocycles. The summed E-state index contributed by atoms with van der Waals surface area (Å²) < 4.78 is 0. The first-order chi connectivity index (χ1) is 5.88. The minimum absolute atomic E-state index is 0. The van der Waals surface area contributed by atoms with Crippen molar-refractivity contribution in [3.63, 3.8) is 0 Å². The molecule has 1 aliphatic carbocycles. The van der Waals surface area contributed by atoms with Crippen LogP contribution in [0.3, 0.4) is 0 Å². The van der Waals surface area contributed by atoms with E-state index in [1.807, 2.05) is 0 Å². The Morgan fingerprint density at radius 1 is 1.38 bits per heavy atom. The topological polar surface area (TPSA) is 26.0 Å². The second kappa shape index (κ2) is 4.99. The fourth-order valence-electron chi connectivity index (χ4n) is 2.03. The summed E-state index contributed by atoms with van der Waals surface area (Å²) in [5.74, 6) is 0.753. The van der Waals surface area contributed by atoms with Gasteiger partial charge >= 0.3 is 0 Å². The highest BCUT2D eigenvalue weighted by Crippen LogP contribution is 2.35. The molecule has 0 radical (unpaired) electrons. The molecule has 0 aromatic carbocycles. The van der Waals surface area contributed by atoms with Crippen LogP contribution < -0.4 is 5.73 Å². The van der Waals surface area contributed by atoms with Crippen LogP contribution in [0.2, 0.25) is 0 Å². The van der Waals surface area contributed by atoms with Crippen LogP contribution in [-0.4, -0.2) is 0 Å². The van der Waals surface area contributed by atoms with Crippen LogP contribution in [0.4, 0.5) is 0 Å². The van der Waals surface area contributed by atoms with Crippen LogP contribution >= 0.6 is 23.7 Å². The summed E-state index contributed by atoms with van der Waals surface area (Å²) >= 11 is 1.79. The Kier molecular flexibility index (Phi) is 4.23. The summed E-state index contributed by atoms with van der Waals surface area (Å²) in [6.07, 6.45) is 5.42. The second-order valence-corrected chi connectivity index (χ2v) is 4.57. The van der Waals surface area contributed by atoms with E-state index in [-0.39, 0.29) is 12.4 Å². The molecule has 13 heavy (non-hydrogen) atoms. The van der Waals surface area contributed by atoms with Gasteiger partial charge in [-0.25, -0.2) is 0 Å². The fraction of sp³-hybridized carbons (Fsp3) is 0.600. The van der Waals surface area contributed by atoms with Crippen LogP contribution in [0.5, 0.6) is 0 Å². The zero-order chi connectivity index (χ0) is 8.39. The molecule has 3 heteroatoms. The third kappa shape index (κ3) is 2.46. The fourth-order valence-corrected chi connectivity index (χ4v) is 2.85. The molecule has 0 aliphatic heterocycles. The molecule has 1 fully saturated rings. The highest BCUT2D eigenvalue weighted by atomic mass is 35.5. The lowest BCUT2D eigenvalue weighted by molar-refractivity contribution is 0.450. The van der Waals surface area contributed by atoms with Gasteiger partial charge in [0.1, 0.15) is 0 Å². The van der Waals surface area contributed by atoms with E-state index in [0.717, 1.165) is 5.92 Å². The molecule has 2 N–H and O–H groups in total. The third-order valence-corrected chi connectivity index (χ3v) is 3.75. The van der Waals surface area contributed by atoms with Gasteiger partial charge in [0, 0.05) is 10.9 Å². The summed E-state index contributed by atoms with van der Waals surface area (Å²) in [5, 5.41) is 2.12. The van der Waals surface area contributed by atoms with E-state index in [4.69, 9.17) is 5.73 Å². The van der Waals surface area contributed by atoms with Crippen molar-refractivity contribution in [2.45, 2.75) is 31.7 Å². The van der Waals surface area contributed by atoms with Gasteiger partial charge in [0.05, 0.1) is 0 Å². The first-order valence-corrected chi connectivity index (χ1v) is 5.55. The molecule has 1 atom stereocenters. The Morgan fingerprint density at radius 2 is 2.08 bits per heavy atom. The zero-order valence-electron chi connectivity index (χ0n) is 7.61. The van der Waals surface area contributed by atoms with E-state index in [2.05, 4.69) is 17.5 Å². The second-order valence-electron chi connectivity index (χ2n) is 3.59. The van der Waals surface area contributed by atoms with Gasteiger partial charge < -0.3 is 5.73 Å². The predicted octanol–water partition coefficient (Wildman–Crippen LogP) is 3.36. The van der Waals surface area contributed by atoms with E-state index >= 15 is 0 Å². The maximum absolute atomic E-state index is 6.16. The van der Waals surface area contributed by atoms with Gasteiger partial charge in [-0.05, 0) is 30.2 Å². The highest BCUT2D eigenvalue weighted by molar-refractivity contribution is 7.10. The van der Waals surface area contributed by atoms with Crippen molar-refractivity contribution in [3.8, 4) is 0 Å². The van der Waals surface area contributed by atoms with Crippen LogP contribution in [0.1, 0.15) is 36.6 Å². The lowest BCUT2D eigenvalue weighted by atomic mass is 9.98. The maximum atomic E-state index is 6.16. The van der Waals surface area contributed by atoms with Gasteiger partial charge in [0.15, 0.2) is 0 Å². The summed E-state index contributed by atoms with van der Waals surface area (Å²) in [6.45, 7) is 0. The Hall–Kier alpha value is -0.0500. The highest BCUT2D eigenvalue weighted by Gasteiger charge is 2.23. The predicted molar refractivity (Wildman–Crippen MR) is 60.5 cm³/mol. The summed E-state index contributed by atoms with van der Waals surface area (Å²) in [7, 11) is 0. The lowest BCUT2D eigenvalue weighted by Gasteiger charge is -2.16. The number of hydrogen-bond donors (Lipinski definition) is 1. The maximum Gasteiger partial charge on any atom is 0.0418 e. The molecule has 0 amide bonds. The van der Waals surface area contributed by atoms with Gasteiger partial charge in [-0.3, -0.25) is 0 Å². The SMILES string of the molecule is Cl.N[C@@H](c1cccs1)C1CCCC1. The molecular formula is C10H16ClNS. The first kappa shape index (κ1) is 11.0. The smallest absolute Gasteiger partial charge is 0.0418 e. The summed E-state index contributed by atoms with van der Waals surface area (Å²) in [5.41, 5.74) is 6.16. The van der Waals surface area contributed by atoms with E-state index in [1.54, 1.807) is 11.3 Å². The van der Waals surface area contributed by atoms with Crippen LogP contribution in [0, 0.1) is 5.92 Å². The van der Waals surface area contributed by atoms with Crippen molar-refractivity contribution in [3.05, 3.63) is 22.4 Å². The van der Waals surface area contributed by atoms with Crippen molar-refractivity contribution < 1.29 is 0 Å². The van der Waals surface area contributed by atoms with Gasteiger partial charge in [-0.1, -0.05) is 18.9 Å². The minimum Gasteiger partial charge on any atom is -0.323 e. The number of thiophene rings is 1. The molecule has 2 rings (SSSR count). The number of hydrogen-bond acceptors (Lipinski definition) is 2. The van der Waals surface area contributed by atoms with Crippen molar-refractivity contribution >= 4 is 23.7 Å². The normalized spacial score (nSPS) is 19.8. The van der Waals surface area contributed by atoms with Crippen molar-refractivity contribution in [2.24, 2.45) is 11.7 Å². The minimum atomic E-state index is 0. The molecule has 0 unspecified atom stereocenters. The average molecular weight is 218 g/mol. The van der Waals surface area contributed by atoms with Crippen molar-refractivity contribution in [2.75, 3.05) is 0 Å². The summed E-state index contributed by atoms with van der Waals surface area (Å²) in [4.78, 5) is 1.36. The van der Waals surface area contributed by atoms with Crippen molar-refractivity contribution in [1.29, 1.82) is 0 Å². The Balaban J connectivity index is 0.000000845. The molecule has 1 aromatic rings. The van der Waals surface area contributed by atoms with Gasteiger partial charge in [-0.15, -0.1) is 23.7 Å². The standard InChI is InChI=1S/C10H15NS.ClH/c11-10(8-4-1-2-5-8)9-6-3-7-12-9;/h3,6-8,10H,1-2,4-5,11H2;1H/t10-;/m1./s1. The molecule has 0 saturated heterocycles. The molecule has 0 bridgehead atoms. The van der Waals surface area contributed by atoms with E-state index in [0.29, 0.717) is 6.04 Å². The number of nitrogens with two attached hydrogens (primary N) is 1. The zero-order valence-corrected chi connectivity index (χ0v) is 9.24. The van der Waals surface area contributed by atoms with E-state index in [1.165, 1.54) is 30.6 Å². The third-order valence-electron chi connectivity index (χ3n) is 2.78. The quantitative estimate of drug-likeness (QED) is 0.808. The Bertz CT molecular complexity index is 229. The van der Waals surface area contributed by atoms with E-state index < -0.39 is 0 Å². The van der Waals surface area contributed by atoms with Gasteiger partial charge in [0.25, 0.3) is 0 Å². The molecule has 1 saturated carbocycles. The molecule has 1 aromatic heterocycles. The van der Waals surface area contributed by atoms with Crippen LogP contribution in [0.25, 0.3) is 0 Å². The number of halogens is 1. The molecule has 1 aliphatic rings. The average Bonchev–Trinajstić information content (AvgIpc) is 2.77. The monoisotopic (exact) mass is 217 g/mol. The lowest BCUT2D eigenvalue weighted by Crippen LogP contribution is -2.17. The van der Waals surface area contributed by atoms with Gasteiger partial charge in [0.2, 0.25) is 0 Å². The van der Waals surface area contributed by atoms with E-state index in [9.17, 15) is 0 Å². The molecular weight excluding hydrogens is 202 g/mol. The number of rotatable bonds is 2. The Morgan fingerprint density at radius 3 is 2.62 bits per heavy atom. The van der Waals surface area contributed by atoms with Crippen LogP contribution in [-0.2, 0) is 0 Å². The van der Waals surface area contributed by atoms with Crippen molar-refractivity contribution in [1.82, 2.24) is 0 Å².